The van der Waals surface area contributed by atoms with E-state index in [1.54, 1.807) is 12.1 Å². The summed E-state index contributed by atoms with van der Waals surface area (Å²) in [5.41, 5.74) is -2.91. The van der Waals surface area contributed by atoms with Gasteiger partial charge in [-0.1, -0.05) is 12.1 Å². The molecule has 0 radical (unpaired) electrons. The molecule has 3 fully saturated rings. The normalized spacial score (nSPS) is 24.7. The number of alkyl halides is 2. The maximum atomic E-state index is 13.2. The summed E-state index contributed by atoms with van der Waals surface area (Å²) >= 11 is 0. The van der Waals surface area contributed by atoms with Gasteiger partial charge in [0.05, 0.1) is 56.2 Å². The van der Waals surface area contributed by atoms with E-state index in [0.29, 0.717) is 12.8 Å². The van der Waals surface area contributed by atoms with Crippen molar-refractivity contribution >= 4 is 35.3 Å². The van der Waals surface area contributed by atoms with Crippen molar-refractivity contribution in [2.24, 2.45) is 0 Å². The Kier molecular flexibility index (Phi) is 9.11. The van der Waals surface area contributed by atoms with Crippen LogP contribution in [0.5, 0.6) is 0 Å². The van der Waals surface area contributed by atoms with Crippen molar-refractivity contribution in [1.82, 2.24) is 14.7 Å². The summed E-state index contributed by atoms with van der Waals surface area (Å²) in [6.07, 6.45) is -3.48. The number of hydrogen-bond donors (Lipinski definition) is 2. The minimum Gasteiger partial charge on any atom is -0.549 e. The maximum Gasteiger partial charge on any atom is 0.316 e. The van der Waals surface area contributed by atoms with E-state index in [0.717, 1.165) is 64.2 Å². The van der Waals surface area contributed by atoms with Gasteiger partial charge in [0.15, 0.2) is 6.09 Å². The first-order chi connectivity index (χ1) is 21.4. The Hall–Kier alpha value is -4.51. The molecule has 45 heavy (non-hydrogen) atoms. The lowest BCUT2D eigenvalue weighted by Crippen LogP contribution is -3.22. The first-order valence-electron chi connectivity index (χ1n) is 14.8. The summed E-state index contributed by atoms with van der Waals surface area (Å²) in [7, 11) is 0. The molecule has 0 bridgehead atoms. The second kappa shape index (κ2) is 12.8. The Bertz CT molecular complexity index is 1470. The number of nitrogens with one attached hydrogen (secondary N) is 2. The number of amides is 3. The highest BCUT2D eigenvalue weighted by Crippen LogP contribution is 2.36. The number of nitrogens with zero attached hydrogens (tertiary/aromatic N) is 5. The lowest BCUT2D eigenvalue weighted by Gasteiger charge is -2.41. The van der Waals surface area contributed by atoms with Gasteiger partial charge in [-0.05, 0) is 24.1 Å². The molecule has 0 spiro atoms. The van der Waals surface area contributed by atoms with Gasteiger partial charge in [-0.2, -0.15) is 5.10 Å². The summed E-state index contributed by atoms with van der Waals surface area (Å²) in [6.45, 7) is 6.63. The Labute approximate surface area is 255 Å². The third kappa shape index (κ3) is 6.22. The topological polar surface area (TPSA) is 191 Å². The average molecular weight is 634 g/mol. The lowest BCUT2D eigenvalue weighted by molar-refractivity contribution is -0.960. The van der Waals surface area contributed by atoms with Gasteiger partial charge in [-0.25, -0.2) is 13.7 Å². The number of carbonyl (C=O) groups excluding carboxylic acids is 4. The Morgan fingerprint density at radius 1 is 1.02 bits per heavy atom. The fourth-order valence-corrected chi connectivity index (χ4v) is 6.62. The van der Waals surface area contributed by atoms with Crippen molar-refractivity contribution in [3.63, 3.8) is 0 Å². The van der Waals surface area contributed by atoms with Gasteiger partial charge in [0, 0.05) is 24.9 Å². The quantitative estimate of drug-likeness (QED) is 0.123. The maximum absolute atomic E-state index is 13.2. The molecule has 0 saturated carbocycles. The van der Waals surface area contributed by atoms with Crippen LogP contribution in [0.2, 0.25) is 0 Å². The number of imide groups is 3. The van der Waals surface area contributed by atoms with E-state index in [4.69, 9.17) is 0 Å². The number of hydrogen-bond acceptors (Lipinski definition) is 10. The largest absolute Gasteiger partial charge is 0.549 e. The second-order valence-corrected chi connectivity index (χ2v) is 11.7. The number of aliphatic carboxylic acids is 1. The average Bonchev–Trinajstić information content (AvgIpc) is 3.47. The predicted molar refractivity (Wildman–Crippen MR) is 145 cm³/mol. The smallest absolute Gasteiger partial charge is 0.316 e. The molecule has 0 aliphatic carbocycles. The van der Waals surface area contributed by atoms with E-state index in [9.17, 15) is 48.3 Å². The van der Waals surface area contributed by atoms with Gasteiger partial charge in [0.2, 0.25) is 11.6 Å². The Morgan fingerprint density at radius 2 is 1.62 bits per heavy atom. The summed E-state index contributed by atoms with van der Waals surface area (Å²) < 4.78 is 27.6. The lowest BCUT2D eigenvalue weighted by atomic mass is 9.73. The molecule has 242 valence electrons. The van der Waals surface area contributed by atoms with Gasteiger partial charge in [0.1, 0.15) is 24.7 Å². The van der Waals surface area contributed by atoms with Gasteiger partial charge >= 0.3 is 5.69 Å². The van der Waals surface area contributed by atoms with Gasteiger partial charge < -0.3 is 34.5 Å². The molecule has 4 heterocycles. The zero-order valence-corrected chi connectivity index (χ0v) is 24.3. The number of nitro groups is 1. The fraction of sp³-hybridized carbons (Fsp3) is 0.536. The first-order valence-corrected chi connectivity index (χ1v) is 14.8. The Balaban J connectivity index is 1.11. The minimum atomic E-state index is -3.01. The highest BCUT2D eigenvalue weighted by Gasteiger charge is 2.50. The van der Waals surface area contributed by atoms with Crippen molar-refractivity contribution in [2.45, 2.75) is 43.6 Å². The molecule has 2 N–H and O–H groups in total. The zero-order valence-electron chi connectivity index (χ0n) is 24.3. The molecular formula is C28H33F2N7O8. The SMILES string of the molecule is O=C([O-])N1C(=O)CCC(C(=O)[O-])(c2ccc(N3CC[NH+](CC[NH+]4CCC(n5cc([N+](=O)[O-])c(C(F)F)n5)CC4)CC3)cc2)C1=O. The van der Waals surface area contributed by atoms with Crippen LogP contribution in [0.1, 0.15) is 49.4 Å². The van der Waals surface area contributed by atoms with Crippen LogP contribution in [0.15, 0.2) is 30.5 Å². The number of carbonyl (C=O) groups is 4. The summed E-state index contributed by atoms with van der Waals surface area (Å²) in [5, 5.41) is 38.4. The number of piperidine rings is 2. The number of carboxylic acid groups (broad SMARTS) is 2. The molecule has 5 rings (SSSR count). The number of benzene rings is 1. The summed E-state index contributed by atoms with van der Waals surface area (Å²) in [6, 6.07) is 6.09. The van der Waals surface area contributed by atoms with E-state index >= 15 is 0 Å². The van der Waals surface area contributed by atoms with Crippen LogP contribution in [-0.4, -0.2) is 95.8 Å². The molecule has 3 aliphatic heterocycles. The van der Waals surface area contributed by atoms with Crippen molar-refractivity contribution in [1.29, 1.82) is 0 Å². The van der Waals surface area contributed by atoms with Crippen LogP contribution in [-0.2, 0) is 19.8 Å². The highest BCUT2D eigenvalue weighted by atomic mass is 19.3. The van der Waals surface area contributed by atoms with Crippen LogP contribution in [0.3, 0.4) is 0 Å². The standard InChI is InChI=1S/C28H33F2N7O8/c29-24(30)23-21(37(44)45)17-35(31-23)20-6-9-32(10-7-20)11-12-33-13-15-34(16-14-33)19-3-1-18(2-4-19)28(26(40)41)8-5-22(38)36(25(28)39)27(42)43/h1-4,17,20,24H,5-16H2,(H,40,41)(H,42,43). The van der Waals surface area contributed by atoms with Crippen molar-refractivity contribution in [3.8, 4) is 0 Å². The van der Waals surface area contributed by atoms with Gasteiger partial charge in [0.25, 0.3) is 12.3 Å². The number of aromatic nitrogens is 2. The van der Waals surface area contributed by atoms with E-state index < -0.39 is 64.9 Å². The molecule has 1 aromatic heterocycles. The number of carboxylic acids is 1. The minimum absolute atomic E-state index is 0.0336. The molecular weight excluding hydrogens is 600 g/mol. The third-order valence-corrected chi connectivity index (χ3v) is 9.27. The van der Waals surface area contributed by atoms with Crippen LogP contribution in [0.25, 0.3) is 0 Å². The van der Waals surface area contributed by atoms with Crippen LogP contribution < -0.4 is 24.9 Å². The number of likely N-dealkylation sites (tertiary alicyclic amines) is 2. The summed E-state index contributed by atoms with van der Waals surface area (Å²) in [4.78, 5) is 63.4. The molecule has 1 unspecified atom stereocenters. The molecule has 17 heteroatoms. The van der Waals surface area contributed by atoms with E-state index in [2.05, 4.69) is 10.00 Å². The third-order valence-electron chi connectivity index (χ3n) is 9.27. The van der Waals surface area contributed by atoms with E-state index in [-0.39, 0.29) is 16.5 Å². The number of anilines is 1. The van der Waals surface area contributed by atoms with Crippen molar-refractivity contribution < 1.29 is 52.9 Å². The van der Waals surface area contributed by atoms with Crippen LogP contribution in [0.4, 0.5) is 25.0 Å². The molecule has 3 saturated heterocycles. The van der Waals surface area contributed by atoms with Crippen molar-refractivity contribution in [2.75, 3.05) is 57.3 Å². The molecule has 15 nitrogen and oxygen atoms in total. The fourth-order valence-electron chi connectivity index (χ4n) is 6.62. The van der Waals surface area contributed by atoms with Gasteiger partial charge in [-0.3, -0.25) is 24.4 Å². The predicted octanol–water partition coefficient (Wildman–Crippen LogP) is -3.17. The second-order valence-electron chi connectivity index (χ2n) is 11.7. The Morgan fingerprint density at radius 3 is 2.13 bits per heavy atom. The monoisotopic (exact) mass is 633 g/mol. The molecule has 2 aromatic rings. The number of quaternary nitrogens is 2. The molecule has 3 aliphatic rings. The van der Waals surface area contributed by atoms with E-state index in [1.807, 2.05) is 0 Å². The first kappa shape index (κ1) is 31.9. The number of halogens is 2. The zero-order chi connectivity index (χ0) is 32.5. The molecule has 3 amide bonds. The highest BCUT2D eigenvalue weighted by molar-refractivity contribution is 6.20. The van der Waals surface area contributed by atoms with Crippen LogP contribution >= 0.6 is 0 Å². The molecule has 1 atom stereocenters. The molecule has 1 aromatic carbocycles. The van der Waals surface area contributed by atoms with E-state index in [1.165, 1.54) is 26.6 Å². The summed E-state index contributed by atoms with van der Waals surface area (Å²) in [5.74, 6) is -4.22. The number of rotatable bonds is 9. The number of piperazine rings is 1. The van der Waals surface area contributed by atoms with Crippen LogP contribution in [0, 0.1) is 10.1 Å². The van der Waals surface area contributed by atoms with Gasteiger partial charge in [-0.15, -0.1) is 0 Å². The van der Waals surface area contributed by atoms with Crippen molar-refractivity contribution in [3.05, 3.63) is 51.8 Å².